The number of anilines is 1. The van der Waals surface area contributed by atoms with Gasteiger partial charge in [-0.15, -0.1) is 5.10 Å². The number of carbonyl (C=O) groups excluding carboxylic acids is 2. The zero-order valence-electron chi connectivity index (χ0n) is 26.4. The van der Waals surface area contributed by atoms with Crippen LogP contribution in [0.3, 0.4) is 0 Å². The van der Waals surface area contributed by atoms with Gasteiger partial charge in [-0.05, 0) is 42.8 Å². The molecule has 1 aliphatic rings. The topological polar surface area (TPSA) is 133 Å². The third-order valence-corrected chi connectivity index (χ3v) is 8.10. The van der Waals surface area contributed by atoms with Crippen LogP contribution in [0.25, 0.3) is 16.8 Å². The lowest BCUT2D eigenvalue weighted by molar-refractivity contribution is -0.141. The summed E-state index contributed by atoms with van der Waals surface area (Å²) >= 11 is 6.22. The third-order valence-electron chi connectivity index (χ3n) is 7.87. The monoisotopic (exact) mass is 705 g/mol. The molecule has 0 saturated carbocycles. The Balaban J connectivity index is 1.35. The Bertz CT molecular complexity index is 1890. The quantitative estimate of drug-likeness (QED) is 0.217. The molecule has 49 heavy (non-hydrogen) atoms. The number of hydrogen-bond donors (Lipinski definition) is 2. The summed E-state index contributed by atoms with van der Waals surface area (Å²) in [5.74, 6) is -1.99. The Morgan fingerprint density at radius 2 is 1.84 bits per heavy atom. The molecule has 3 heterocycles. The smallest absolute Gasteiger partial charge is 0.436 e. The average molecular weight is 706 g/mol. The van der Waals surface area contributed by atoms with E-state index >= 15 is 0 Å². The molecule has 2 aromatic heterocycles. The van der Waals surface area contributed by atoms with Gasteiger partial charge in [0.05, 0.1) is 44.0 Å². The summed E-state index contributed by atoms with van der Waals surface area (Å²) < 4.78 is 67.5. The summed E-state index contributed by atoms with van der Waals surface area (Å²) in [7, 11) is 1.32. The van der Waals surface area contributed by atoms with Crippen molar-refractivity contribution >= 4 is 29.1 Å². The van der Waals surface area contributed by atoms with Crippen molar-refractivity contribution in [2.75, 3.05) is 51.8 Å². The van der Waals surface area contributed by atoms with E-state index in [-0.39, 0.29) is 45.3 Å². The van der Waals surface area contributed by atoms with Gasteiger partial charge < -0.3 is 20.1 Å². The molecule has 4 aromatic rings. The standard InChI is InChI=1S/C32H32ClF4N7O5/c1-3-25(31(47)39-20-5-6-21(24(34)15-20)30(46)38-8-9-42-10-12-49-13-11-42)43-17-27(48-2)23(16-29(43)45)22-14-19(33)4-7-26(22)44-18-28(40-41-44)32(35,36)37/h4-7,14-18,25H,3,8-13H2,1-2H3,(H,38,46)(H,39,47)/t25-/m0/s1. The highest BCUT2D eigenvalue weighted by Crippen LogP contribution is 2.36. The van der Waals surface area contributed by atoms with Crippen LogP contribution in [0.4, 0.5) is 23.2 Å². The Hall–Kier alpha value is -4.80. The first-order valence-electron chi connectivity index (χ1n) is 15.2. The highest BCUT2D eigenvalue weighted by Gasteiger charge is 2.35. The lowest BCUT2D eigenvalue weighted by Gasteiger charge is -2.26. The van der Waals surface area contributed by atoms with Crippen molar-refractivity contribution in [1.29, 1.82) is 0 Å². The van der Waals surface area contributed by atoms with E-state index in [4.69, 9.17) is 21.1 Å². The molecule has 0 spiro atoms. The van der Waals surface area contributed by atoms with Gasteiger partial charge in [0.1, 0.15) is 17.6 Å². The second kappa shape index (κ2) is 15.2. The Morgan fingerprint density at radius 1 is 1.08 bits per heavy atom. The molecule has 1 saturated heterocycles. The van der Waals surface area contributed by atoms with Gasteiger partial charge in [0.2, 0.25) is 5.91 Å². The summed E-state index contributed by atoms with van der Waals surface area (Å²) in [6.07, 6.45) is -2.60. The molecular weight excluding hydrogens is 674 g/mol. The highest BCUT2D eigenvalue weighted by atomic mass is 35.5. The number of carbonyl (C=O) groups is 2. The molecule has 260 valence electrons. The number of nitrogens with zero attached hydrogens (tertiary/aromatic N) is 5. The average Bonchev–Trinajstić information content (AvgIpc) is 3.57. The molecule has 2 N–H and O–H groups in total. The molecule has 1 aliphatic heterocycles. The molecular formula is C32H32ClF4N7O5. The van der Waals surface area contributed by atoms with E-state index in [0.29, 0.717) is 32.5 Å². The number of halogens is 5. The number of rotatable bonds is 11. The predicted molar refractivity (Wildman–Crippen MR) is 172 cm³/mol. The number of morpholine rings is 1. The summed E-state index contributed by atoms with van der Waals surface area (Å²) in [5.41, 5.74) is -1.48. The highest BCUT2D eigenvalue weighted by molar-refractivity contribution is 6.31. The number of ether oxygens (including phenoxy) is 2. The number of hydrogen-bond acceptors (Lipinski definition) is 8. The number of alkyl halides is 3. The third kappa shape index (κ3) is 8.26. The molecule has 17 heteroatoms. The van der Waals surface area contributed by atoms with Gasteiger partial charge in [-0.25, -0.2) is 9.07 Å². The van der Waals surface area contributed by atoms with Crippen LogP contribution in [0.5, 0.6) is 5.75 Å². The Morgan fingerprint density at radius 3 is 2.49 bits per heavy atom. The van der Waals surface area contributed by atoms with Crippen LogP contribution in [-0.2, 0) is 15.7 Å². The maximum Gasteiger partial charge on any atom is 0.436 e. The van der Waals surface area contributed by atoms with Gasteiger partial charge in [-0.1, -0.05) is 23.7 Å². The van der Waals surface area contributed by atoms with Crippen molar-refractivity contribution in [3.05, 3.63) is 87.3 Å². The van der Waals surface area contributed by atoms with Crippen molar-refractivity contribution in [1.82, 2.24) is 29.8 Å². The van der Waals surface area contributed by atoms with Crippen molar-refractivity contribution in [3.8, 4) is 22.6 Å². The maximum absolute atomic E-state index is 15.0. The van der Waals surface area contributed by atoms with E-state index in [1.165, 1.54) is 43.6 Å². The summed E-state index contributed by atoms with van der Waals surface area (Å²) in [6, 6.07) is 8.03. The molecule has 0 unspecified atom stereocenters. The number of nitrogens with one attached hydrogen (secondary N) is 2. The maximum atomic E-state index is 15.0. The second-order valence-electron chi connectivity index (χ2n) is 11.0. The second-order valence-corrected chi connectivity index (χ2v) is 11.5. The van der Waals surface area contributed by atoms with Crippen LogP contribution in [-0.4, -0.2) is 82.8 Å². The van der Waals surface area contributed by atoms with Gasteiger partial charge in [0.25, 0.3) is 11.5 Å². The fourth-order valence-electron chi connectivity index (χ4n) is 5.34. The first-order valence-corrected chi connectivity index (χ1v) is 15.6. The largest absolute Gasteiger partial charge is 0.495 e. The van der Waals surface area contributed by atoms with Gasteiger partial charge in [-0.2, -0.15) is 13.2 Å². The summed E-state index contributed by atoms with van der Waals surface area (Å²) in [4.78, 5) is 41.6. The van der Waals surface area contributed by atoms with Crippen LogP contribution in [0.1, 0.15) is 35.4 Å². The van der Waals surface area contributed by atoms with E-state index in [0.717, 1.165) is 34.5 Å². The molecule has 0 aliphatic carbocycles. The number of methoxy groups -OCH3 is 1. The zero-order chi connectivity index (χ0) is 35.3. The number of benzene rings is 2. The summed E-state index contributed by atoms with van der Waals surface area (Å²) in [5, 5.41) is 12.3. The van der Waals surface area contributed by atoms with Crippen LogP contribution >= 0.6 is 11.6 Å². The molecule has 1 atom stereocenters. The van der Waals surface area contributed by atoms with Gasteiger partial charge >= 0.3 is 6.18 Å². The van der Waals surface area contributed by atoms with E-state index in [2.05, 4.69) is 25.8 Å². The van der Waals surface area contributed by atoms with Gasteiger partial charge in [-0.3, -0.25) is 23.9 Å². The Labute approximate surface area is 282 Å². The van der Waals surface area contributed by atoms with E-state index in [1.807, 2.05) is 0 Å². The van der Waals surface area contributed by atoms with Crippen molar-refractivity contribution < 1.29 is 36.6 Å². The molecule has 1 fully saturated rings. The number of pyridine rings is 1. The van der Waals surface area contributed by atoms with E-state index < -0.39 is 41.1 Å². The van der Waals surface area contributed by atoms with Crippen LogP contribution < -0.4 is 20.9 Å². The fourth-order valence-corrected chi connectivity index (χ4v) is 5.51. The first-order chi connectivity index (χ1) is 23.4. The van der Waals surface area contributed by atoms with Crippen molar-refractivity contribution in [3.63, 3.8) is 0 Å². The fraction of sp³-hybridized carbons (Fsp3) is 0.344. The van der Waals surface area contributed by atoms with Crippen LogP contribution in [0, 0.1) is 5.82 Å². The van der Waals surface area contributed by atoms with Gasteiger partial charge in [0.15, 0.2) is 5.69 Å². The minimum atomic E-state index is -4.73. The van der Waals surface area contributed by atoms with Crippen LogP contribution in [0.15, 0.2) is 59.7 Å². The molecule has 0 radical (unpaired) electrons. The van der Waals surface area contributed by atoms with E-state index in [9.17, 15) is 31.9 Å². The lowest BCUT2D eigenvalue weighted by atomic mass is 10.0. The van der Waals surface area contributed by atoms with Gasteiger partial charge in [0, 0.05) is 54.1 Å². The predicted octanol–water partition coefficient (Wildman–Crippen LogP) is 4.57. The number of amides is 2. The Kier molecular flexibility index (Phi) is 11.0. The first kappa shape index (κ1) is 35.5. The van der Waals surface area contributed by atoms with E-state index in [1.54, 1.807) is 6.92 Å². The summed E-state index contributed by atoms with van der Waals surface area (Å²) in [6.45, 7) is 5.33. The molecule has 2 aromatic carbocycles. The zero-order valence-corrected chi connectivity index (χ0v) is 27.1. The van der Waals surface area contributed by atoms with Crippen molar-refractivity contribution in [2.45, 2.75) is 25.6 Å². The molecule has 5 rings (SSSR count). The normalized spacial score (nSPS) is 14.3. The van der Waals surface area contributed by atoms with Crippen molar-refractivity contribution in [2.24, 2.45) is 0 Å². The minimum absolute atomic E-state index is 0.0667. The molecule has 2 amide bonds. The minimum Gasteiger partial charge on any atom is -0.495 e. The molecule has 0 bridgehead atoms. The number of aromatic nitrogens is 4. The molecule has 12 nitrogen and oxygen atoms in total. The SMILES string of the molecule is CC[C@@H](C(=O)Nc1ccc(C(=O)NCCN2CCOCC2)c(F)c1)n1cc(OC)c(-c2cc(Cl)ccc2-n2cc(C(F)(F)F)nn2)cc1=O. The van der Waals surface area contributed by atoms with Crippen LogP contribution in [0.2, 0.25) is 5.02 Å². The lowest BCUT2D eigenvalue weighted by Crippen LogP contribution is -2.41.